The van der Waals surface area contributed by atoms with Crippen LogP contribution in [0.1, 0.15) is 24.2 Å². The molecule has 0 atom stereocenters. The molecule has 0 spiro atoms. The molecular weight excluding hydrogens is 486 g/mol. The van der Waals surface area contributed by atoms with Crippen LogP contribution in [0.3, 0.4) is 0 Å². The lowest BCUT2D eigenvalue weighted by Crippen LogP contribution is -2.38. The van der Waals surface area contributed by atoms with E-state index in [9.17, 15) is 13.2 Å². The van der Waals surface area contributed by atoms with E-state index in [1.54, 1.807) is 17.0 Å². The van der Waals surface area contributed by atoms with Crippen molar-refractivity contribution in [2.24, 2.45) is 0 Å². The molecule has 3 rings (SSSR count). The van der Waals surface area contributed by atoms with Gasteiger partial charge in [-0.2, -0.15) is 0 Å². The molecule has 0 N–H and O–H groups in total. The van der Waals surface area contributed by atoms with Gasteiger partial charge in [0.15, 0.2) is 15.0 Å². The van der Waals surface area contributed by atoms with Gasteiger partial charge in [0.2, 0.25) is 0 Å². The van der Waals surface area contributed by atoms with Crippen molar-refractivity contribution >= 4 is 58.4 Å². The number of benzene rings is 2. The van der Waals surface area contributed by atoms with Gasteiger partial charge in [0.05, 0.1) is 15.1 Å². The predicted molar refractivity (Wildman–Crippen MR) is 126 cm³/mol. The Labute approximate surface area is 189 Å². The summed E-state index contributed by atoms with van der Waals surface area (Å²) in [5.41, 5.74) is 1.27. The number of nitrogens with zero attached hydrogens (tertiary/aromatic N) is 3. The first-order chi connectivity index (χ1) is 14.2. The highest BCUT2D eigenvalue weighted by Gasteiger charge is 2.22. The van der Waals surface area contributed by atoms with Crippen LogP contribution in [0.4, 0.5) is 5.13 Å². The van der Waals surface area contributed by atoms with Gasteiger partial charge in [0.25, 0.3) is 5.91 Å². The minimum absolute atomic E-state index is 0.193. The van der Waals surface area contributed by atoms with Crippen LogP contribution < -0.4 is 4.90 Å². The summed E-state index contributed by atoms with van der Waals surface area (Å²) in [5, 5.41) is 0.632. The maximum atomic E-state index is 13.4. The fraction of sp³-hybridized carbons (Fsp3) is 0.333. The zero-order valence-electron chi connectivity index (χ0n) is 17.1. The van der Waals surface area contributed by atoms with Crippen LogP contribution in [-0.2, 0) is 9.84 Å². The maximum absolute atomic E-state index is 13.4. The number of amides is 1. The van der Waals surface area contributed by atoms with E-state index in [-0.39, 0.29) is 10.8 Å². The normalized spacial score (nSPS) is 11.9. The van der Waals surface area contributed by atoms with E-state index in [0.29, 0.717) is 17.2 Å². The van der Waals surface area contributed by atoms with Gasteiger partial charge in [-0.05, 0) is 55.6 Å². The number of fused-ring (bicyclic) bond motifs is 1. The van der Waals surface area contributed by atoms with E-state index in [1.807, 2.05) is 18.2 Å². The van der Waals surface area contributed by atoms with E-state index < -0.39 is 9.84 Å². The van der Waals surface area contributed by atoms with Crippen LogP contribution in [0.25, 0.3) is 10.2 Å². The van der Waals surface area contributed by atoms with Crippen molar-refractivity contribution in [1.29, 1.82) is 0 Å². The third kappa shape index (κ3) is 5.26. The van der Waals surface area contributed by atoms with Gasteiger partial charge in [-0.15, -0.1) is 0 Å². The van der Waals surface area contributed by atoms with E-state index in [4.69, 9.17) is 0 Å². The third-order valence-corrected chi connectivity index (χ3v) is 7.54. The Morgan fingerprint density at radius 2 is 1.73 bits per heavy atom. The number of aromatic nitrogens is 1. The highest BCUT2D eigenvalue weighted by Crippen LogP contribution is 2.31. The summed E-state index contributed by atoms with van der Waals surface area (Å²) in [7, 11) is -3.31. The topological polar surface area (TPSA) is 70.6 Å². The van der Waals surface area contributed by atoms with Crippen LogP contribution in [-0.4, -0.2) is 56.6 Å². The zero-order valence-corrected chi connectivity index (χ0v) is 20.3. The second-order valence-corrected chi connectivity index (χ2v) is 10.8. The van der Waals surface area contributed by atoms with Crippen LogP contribution in [0.15, 0.2) is 51.8 Å². The molecule has 2 aromatic carbocycles. The van der Waals surface area contributed by atoms with Crippen LogP contribution in [0.2, 0.25) is 0 Å². The molecule has 0 aliphatic rings. The molecule has 0 fully saturated rings. The number of hydrogen-bond donors (Lipinski definition) is 0. The number of thiazole rings is 1. The molecule has 1 heterocycles. The maximum Gasteiger partial charge on any atom is 0.260 e. The summed E-state index contributed by atoms with van der Waals surface area (Å²) in [6, 6.07) is 11.9. The Morgan fingerprint density at radius 1 is 1.07 bits per heavy atom. The molecular formula is C21H24BrN3O3S2. The molecule has 0 saturated carbocycles. The molecule has 6 nitrogen and oxygen atoms in total. The molecule has 160 valence electrons. The van der Waals surface area contributed by atoms with E-state index >= 15 is 0 Å². The van der Waals surface area contributed by atoms with Crippen molar-refractivity contribution < 1.29 is 13.2 Å². The monoisotopic (exact) mass is 509 g/mol. The third-order valence-electron chi connectivity index (χ3n) is 4.88. The number of carbonyl (C=O) groups excluding carboxylic acids is 1. The summed E-state index contributed by atoms with van der Waals surface area (Å²) in [4.78, 5) is 22.2. The Kier molecular flexibility index (Phi) is 7.28. The Hall–Kier alpha value is -1.81. The van der Waals surface area contributed by atoms with Gasteiger partial charge in [-0.25, -0.2) is 13.4 Å². The fourth-order valence-electron chi connectivity index (χ4n) is 3.07. The standard InChI is InChI=1S/C21H24BrN3O3S2/c1-4-24(5-2)12-13-25(21-23-18-11-8-16(22)14-19(18)29-21)20(26)15-6-9-17(10-7-15)30(3,27)28/h6-11,14H,4-5,12-13H2,1-3H3. The van der Waals surface area contributed by atoms with Gasteiger partial charge in [-0.3, -0.25) is 9.69 Å². The molecule has 30 heavy (non-hydrogen) atoms. The van der Waals surface area contributed by atoms with E-state index in [1.165, 1.54) is 23.5 Å². The number of anilines is 1. The lowest BCUT2D eigenvalue weighted by atomic mass is 10.2. The first kappa shape index (κ1) is 22.9. The second-order valence-electron chi connectivity index (χ2n) is 6.89. The van der Waals surface area contributed by atoms with Gasteiger partial charge in [-0.1, -0.05) is 41.1 Å². The number of hydrogen-bond acceptors (Lipinski definition) is 6. The Balaban J connectivity index is 1.96. The summed E-state index contributed by atoms with van der Waals surface area (Å²) >= 11 is 4.94. The van der Waals surface area contributed by atoms with Crippen molar-refractivity contribution in [1.82, 2.24) is 9.88 Å². The van der Waals surface area contributed by atoms with Gasteiger partial charge < -0.3 is 4.90 Å². The van der Waals surface area contributed by atoms with E-state index in [0.717, 1.165) is 40.6 Å². The number of sulfone groups is 1. The quantitative estimate of drug-likeness (QED) is 0.448. The second kappa shape index (κ2) is 9.55. The average Bonchev–Trinajstić information content (AvgIpc) is 3.13. The van der Waals surface area contributed by atoms with Crippen molar-refractivity contribution in [3.8, 4) is 0 Å². The van der Waals surface area contributed by atoms with Crippen LogP contribution in [0.5, 0.6) is 0 Å². The first-order valence-corrected chi connectivity index (χ1v) is 13.1. The zero-order chi connectivity index (χ0) is 21.9. The molecule has 9 heteroatoms. The molecule has 0 aliphatic heterocycles. The molecule has 0 bridgehead atoms. The Bertz CT molecular complexity index is 1140. The molecule has 3 aromatic rings. The van der Waals surface area contributed by atoms with Crippen LogP contribution >= 0.6 is 27.3 Å². The SMILES string of the molecule is CCN(CC)CCN(C(=O)c1ccc(S(C)(=O)=O)cc1)c1nc2ccc(Br)cc2s1. The van der Waals surface area contributed by atoms with Gasteiger partial charge >= 0.3 is 0 Å². The highest BCUT2D eigenvalue weighted by molar-refractivity contribution is 9.10. The van der Waals surface area contributed by atoms with Crippen LogP contribution in [0, 0.1) is 0 Å². The Morgan fingerprint density at radius 3 is 2.33 bits per heavy atom. The molecule has 0 aliphatic carbocycles. The molecule has 0 radical (unpaired) electrons. The van der Waals surface area contributed by atoms with Gasteiger partial charge in [0.1, 0.15) is 0 Å². The minimum Gasteiger partial charge on any atom is -0.302 e. The molecule has 0 saturated heterocycles. The average molecular weight is 510 g/mol. The summed E-state index contributed by atoms with van der Waals surface area (Å²) < 4.78 is 25.4. The van der Waals surface area contributed by atoms with E-state index in [2.05, 4.69) is 39.7 Å². The highest BCUT2D eigenvalue weighted by atomic mass is 79.9. The number of halogens is 1. The predicted octanol–water partition coefficient (Wildman–Crippen LogP) is 4.45. The van der Waals surface area contributed by atoms with Crippen molar-refractivity contribution in [2.45, 2.75) is 18.7 Å². The minimum atomic E-state index is -3.31. The van der Waals surface area contributed by atoms with Crippen molar-refractivity contribution in [3.05, 3.63) is 52.5 Å². The molecule has 0 unspecified atom stereocenters. The molecule has 1 aromatic heterocycles. The smallest absolute Gasteiger partial charge is 0.260 e. The van der Waals surface area contributed by atoms with Crippen molar-refractivity contribution in [2.75, 3.05) is 37.3 Å². The summed E-state index contributed by atoms with van der Waals surface area (Å²) in [6.07, 6.45) is 1.15. The number of likely N-dealkylation sites (N-methyl/N-ethyl adjacent to an activating group) is 1. The summed E-state index contributed by atoms with van der Waals surface area (Å²) in [5.74, 6) is -0.194. The number of carbonyl (C=O) groups is 1. The van der Waals surface area contributed by atoms with Crippen molar-refractivity contribution in [3.63, 3.8) is 0 Å². The number of rotatable bonds is 8. The largest absolute Gasteiger partial charge is 0.302 e. The lowest BCUT2D eigenvalue weighted by Gasteiger charge is -2.24. The summed E-state index contributed by atoms with van der Waals surface area (Å²) in [6.45, 7) is 7.20. The van der Waals surface area contributed by atoms with Gasteiger partial charge in [0, 0.05) is 29.4 Å². The molecule has 1 amide bonds. The first-order valence-electron chi connectivity index (χ1n) is 9.63. The lowest BCUT2D eigenvalue weighted by molar-refractivity contribution is 0.0983. The fourth-order valence-corrected chi connectivity index (χ4v) is 5.24.